The summed E-state index contributed by atoms with van der Waals surface area (Å²) in [6.45, 7) is 13.7. The molecule has 0 spiro atoms. The van der Waals surface area contributed by atoms with Crippen molar-refractivity contribution in [3.05, 3.63) is 60.6 Å². The Hall–Kier alpha value is -2.16. The molecular weight excluding hydrogens is 246 g/mol. The number of nitrogens with zero attached hydrogens (tertiary/aromatic N) is 1. The van der Waals surface area contributed by atoms with Crippen molar-refractivity contribution in [1.82, 2.24) is 5.32 Å². The van der Waals surface area contributed by atoms with Crippen molar-refractivity contribution in [2.24, 2.45) is 0 Å². The van der Waals surface area contributed by atoms with Crippen LogP contribution >= 0.6 is 0 Å². The molecule has 0 aromatic heterocycles. The van der Waals surface area contributed by atoms with E-state index in [1.165, 1.54) is 16.8 Å². The van der Waals surface area contributed by atoms with Crippen LogP contribution in [0.15, 0.2) is 55.0 Å². The van der Waals surface area contributed by atoms with E-state index in [-0.39, 0.29) is 0 Å². The van der Waals surface area contributed by atoms with Gasteiger partial charge in [-0.05, 0) is 49.7 Å². The lowest BCUT2D eigenvalue weighted by atomic mass is 10.1. The quantitative estimate of drug-likeness (QED) is 0.825. The van der Waals surface area contributed by atoms with Crippen molar-refractivity contribution in [2.75, 3.05) is 23.3 Å². The van der Waals surface area contributed by atoms with Crippen molar-refractivity contribution < 1.29 is 0 Å². The van der Waals surface area contributed by atoms with E-state index in [0.717, 1.165) is 30.9 Å². The SMILES string of the molecule is C=CN/C=C(\C)CN1CCc2ccc(NC(=C)C)cc21. The summed E-state index contributed by atoms with van der Waals surface area (Å²) in [5.74, 6) is 0. The zero-order valence-electron chi connectivity index (χ0n) is 12.4. The second-order valence-corrected chi connectivity index (χ2v) is 5.28. The molecule has 0 atom stereocenters. The van der Waals surface area contributed by atoms with Crippen molar-refractivity contribution >= 4 is 11.4 Å². The molecule has 0 bridgehead atoms. The molecule has 2 rings (SSSR count). The summed E-state index contributed by atoms with van der Waals surface area (Å²) in [7, 11) is 0. The minimum absolute atomic E-state index is 0.935. The van der Waals surface area contributed by atoms with Gasteiger partial charge in [-0.2, -0.15) is 0 Å². The van der Waals surface area contributed by atoms with Gasteiger partial charge in [0.25, 0.3) is 0 Å². The Balaban J connectivity index is 2.14. The maximum Gasteiger partial charge on any atom is 0.0423 e. The summed E-state index contributed by atoms with van der Waals surface area (Å²) in [4.78, 5) is 2.41. The number of hydrogen-bond donors (Lipinski definition) is 2. The summed E-state index contributed by atoms with van der Waals surface area (Å²) in [5.41, 5.74) is 6.09. The Labute approximate surface area is 121 Å². The average Bonchev–Trinajstić information content (AvgIpc) is 2.78. The maximum atomic E-state index is 3.89. The number of benzene rings is 1. The van der Waals surface area contributed by atoms with Crippen molar-refractivity contribution in [2.45, 2.75) is 20.3 Å². The number of anilines is 2. The van der Waals surface area contributed by atoms with Crippen LogP contribution in [0.1, 0.15) is 19.4 Å². The molecule has 1 heterocycles. The van der Waals surface area contributed by atoms with E-state index in [1.807, 2.05) is 13.1 Å². The number of nitrogens with one attached hydrogen (secondary N) is 2. The van der Waals surface area contributed by atoms with E-state index in [9.17, 15) is 0 Å². The van der Waals surface area contributed by atoms with E-state index < -0.39 is 0 Å². The predicted octanol–water partition coefficient (Wildman–Crippen LogP) is 3.63. The molecule has 2 N–H and O–H groups in total. The van der Waals surface area contributed by atoms with Crippen molar-refractivity contribution in [3.63, 3.8) is 0 Å². The van der Waals surface area contributed by atoms with Gasteiger partial charge >= 0.3 is 0 Å². The first-order valence-electron chi connectivity index (χ1n) is 6.93. The van der Waals surface area contributed by atoms with Crippen LogP contribution < -0.4 is 15.5 Å². The lowest BCUT2D eigenvalue weighted by Gasteiger charge is -2.20. The average molecular weight is 269 g/mol. The first-order chi connectivity index (χ1) is 9.60. The molecule has 0 unspecified atom stereocenters. The third-order valence-electron chi connectivity index (χ3n) is 3.32. The molecule has 0 saturated heterocycles. The van der Waals surface area contributed by atoms with E-state index in [1.54, 1.807) is 6.20 Å². The van der Waals surface area contributed by atoms with Crippen LogP contribution in [0.3, 0.4) is 0 Å². The summed E-state index contributed by atoms with van der Waals surface area (Å²) >= 11 is 0. The van der Waals surface area contributed by atoms with Crippen LogP contribution in [0, 0.1) is 0 Å². The number of hydrogen-bond acceptors (Lipinski definition) is 3. The lowest BCUT2D eigenvalue weighted by molar-refractivity contribution is 0.873. The largest absolute Gasteiger partial charge is 0.368 e. The minimum atomic E-state index is 0.935. The fourth-order valence-electron chi connectivity index (χ4n) is 2.48. The highest BCUT2D eigenvalue weighted by molar-refractivity contribution is 5.67. The second kappa shape index (κ2) is 6.33. The molecule has 1 aromatic rings. The van der Waals surface area contributed by atoms with Gasteiger partial charge in [-0.15, -0.1) is 0 Å². The Kier molecular flexibility index (Phi) is 4.51. The zero-order chi connectivity index (χ0) is 14.5. The molecule has 3 heteroatoms. The maximum absolute atomic E-state index is 3.89. The monoisotopic (exact) mass is 269 g/mol. The normalized spacial score (nSPS) is 13.9. The molecule has 0 radical (unpaired) electrons. The summed E-state index contributed by atoms with van der Waals surface area (Å²) in [5, 5.41) is 6.32. The smallest absolute Gasteiger partial charge is 0.0423 e. The van der Waals surface area contributed by atoms with Gasteiger partial charge in [0.1, 0.15) is 0 Å². The van der Waals surface area contributed by atoms with Gasteiger partial charge in [0.15, 0.2) is 0 Å². The molecule has 1 aliphatic heterocycles. The number of fused-ring (bicyclic) bond motifs is 1. The third-order valence-corrected chi connectivity index (χ3v) is 3.32. The molecule has 3 nitrogen and oxygen atoms in total. The van der Waals surface area contributed by atoms with Crippen LogP contribution in [0.2, 0.25) is 0 Å². The van der Waals surface area contributed by atoms with Gasteiger partial charge in [0.05, 0.1) is 0 Å². The molecule has 0 amide bonds. The topological polar surface area (TPSA) is 27.3 Å². The fourth-order valence-corrected chi connectivity index (χ4v) is 2.48. The van der Waals surface area contributed by atoms with Crippen LogP contribution in [-0.2, 0) is 6.42 Å². The Morgan fingerprint density at radius 3 is 2.90 bits per heavy atom. The molecule has 0 fully saturated rings. The third kappa shape index (κ3) is 3.44. The van der Waals surface area contributed by atoms with Crippen molar-refractivity contribution in [1.29, 1.82) is 0 Å². The van der Waals surface area contributed by atoms with Crippen molar-refractivity contribution in [3.8, 4) is 0 Å². The van der Waals surface area contributed by atoms with Gasteiger partial charge in [-0.1, -0.05) is 19.2 Å². The highest BCUT2D eigenvalue weighted by Crippen LogP contribution is 2.31. The van der Waals surface area contributed by atoms with Gasteiger partial charge in [0, 0.05) is 36.4 Å². The summed E-state index contributed by atoms with van der Waals surface area (Å²) in [6, 6.07) is 6.55. The van der Waals surface area contributed by atoms with E-state index in [4.69, 9.17) is 0 Å². The molecule has 1 aromatic carbocycles. The Morgan fingerprint density at radius 1 is 1.40 bits per heavy atom. The highest BCUT2D eigenvalue weighted by Gasteiger charge is 2.19. The Morgan fingerprint density at radius 2 is 2.20 bits per heavy atom. The van der Waals surface area contributed by atoms with Crippen LogP contribution in [0.5, 0.6) is 0 Å². The second-order valence-electron chi connectivity index (χ2n) is 5.28. The summed E-state index contributed by atoms with van der Waals surface area (Å²) < 4.78 is 0. The fraction of sp³-hybridized carbons (Fsp3) is 0.294. The standard InChI is InChI=1S/C17H23N3/c1-5-18-11-14(4)12-20-9-8-15-6-7-16(10-17(15)20)19-13(2)3/h5-7,10-11,18-19H,1-2,8-9,12H2,3-4H3/b14-11+. The molecule has 0 aliphatic carbocycles. The van der Waals surface area contributed by atoms with Gasteiger partial charge in [-0.25, -0.2) is 0 Å². The van der Waals surface area contributed by atoms with Gasteiger partial charge in [-0.3, -0.25) is 0 Å². The minimum Gasteiger partial charge on any atom is -0.368 e. The predicted molar refractivity (Wildman–Crippen MR) is 87.9 cm³/mol. The summed E-state index contributed by atoms with van der Waals surface area (Å²) in [6.07, 6.45) is 4.81. The first kappa shape index (κ1) is 14.3. The number of rotatable bonds is 6. The molecular formula is C17H23N3. The Bertz CT molecular complexity index is 543. The van der Waals surface area contributed by atoms with E-state index >= 15 is 0 Å². The molecule has 0 saturated carbocycles. The van der Waals surface area contributed by atoms with Gasteiger partial charge < -0.3 is 15.5 Å². The van der Waals surface area contributed by atoms with Crippen LogP contribution in [0.25, 0.3) is 0 Å². The first-order valence-corrected chi connectivity index (χ1v) is 6.93. The van der Waals surface area contributed by atoms with Crippen LogP contribution in [-0.4, -0.2) is 13.1 Å². The van der Waals surface area contributed by atoms with Gasteiger partial charge in [0.2, 0.25) is 0 Å². The van der Waals surface area contributed by atoms with E-state index in [0.29, 0.717) is 0 Å². The molecule has 20 heavy (non-hydrogen) atoms. The highest BCUT2D eigenvalue weighted by atomic mass is 15.1. The van der Waals surface area contributed by atoms with Crippen LogP contribution in [0.4, 0.5) is 11.4 Å². The zero-order valence-corrected chi connectivity index (χ0v) is 12.4. The molecule has 106 valence electrons. The molecule has 1 aliphatic rings. The van der Waals surface area contributed by atoms with E-state index in [2.05, 4.69) is 53.8 Å². The lowest BCUT2D eigenvalue weighted by Crippen LogP contribution is -2.23. The number of allylic oxidation sites excluding steroid dienone is 1.